The Hall–Kier alpha value is -0.120. The highest BCUT2D eigenvalue weighted by atomic mass is 16.5. The summed E-state index contributed by atoms with van der Waals surface area (Å²) in [7, 11) is 0. The van der Waals surface area contributed by atoms with Crippen LogP contribution in [0.25, 0.3) is 0 Å². The van der Waals surface area contributed by atoms with E-state index in [9.17, 15) is 0 Å². The Morgan fingerprint density at radius 2 is 2.08 bits per heavy atom. The molecule has 0 spiro atoms. The first-order chi connectivity index (χ1) is 5.86. The van der Waals surface area contributed by atoms with E-state index in [1.165, 1.54) is 13.0 Å². The molecule has 0 unspecified atom stereocenters. The third kappa shape index (κ3) is 1.79. The standard InChI is InChI=1S/C9H18N2O/c1-8-6-9(7-10-8)11-2-4-12-5-3-11/h8-10H,2-7H2,1H3/t8-,9+/m1/s1. The van der Waals surface area contributed by atoms with E-state index in [2.05, 4.69) is 17.1 Å². The van der Waals surface area contributed by atoms with Crippen LogP contribution in [0.1, 0.15) is 13.3 Å². The second-order valence-corrected chi connectivity index (χ2v) is 3.85. The molecule has 0 aromatic heterocycles. The molecule has 2 fully saturated rings. The summed E-state index contributed by atoms with van der Waals surface area (Å²) in [4.78, 5) is 2.56. The van der Waals surface area contributed by atoms with Gasteiger partial charge in [-0.1, -0.05) is 0 Å². The maximum atomic E-state index is 5.32. The highest BCUT2D eigenvalue weighted by Gasteiger charge is 2.27. The van der Waals surface area contributed by atoms with Gasteiger partial charge in [-0.25, -0.2) is 0 Å². The maximum absolute atomic E-state index is 5.32. The average molecular weight is 170 g/mol. The predicted molar refractivity (Wildman–Crippen MR) is 48.3 cm³/mol. The lowest BCUT2D eigenvalue weighted by atomic mass is 10.1. The number of nitrogens with zero attached hydrogens (tertiary/aromatic N) is 1. The lowest BCUT2D eigenvalue weighted by Gasteiger charge is -2.31. The average Bonchev–Trinajstić information content (AvgIpc) is 2.54. The molecule has 0 bridgehead atoms. The summed E-state index contributed by atoms with van der Waals surface area (Å²) >= 11 is 0. The Bertz CT molecular complexity index is 143. The number of nitrogens with one attached hydrogen (secondary N) is 1. The molecule has 0 saturated carbocycles. The summed E-state index contributed by atoms with van der Waals surface area (Å²) in [6, 6.07) is 1.47. The van der Waals surface area contributed by atoms with Gasteiger partial charge in [0.2, 0.25) is 0 Å². The molecule has 2 saturated heterocycles. The van der Waals surface area contributed by atoms with E-state index in [0.29, 0.717) is 6.04 Å². The molecule has 1 N–H and O–H groups in total. The minimum Gasteiger partial charge on any atom is -0.379 e. The first-order valence-electron chi connectivity index (χ1n) is 4.91. The van der Waals surface area contributed by atoms with E-state index < -0.39 is 0 Å². The molecule has 0 radical (unpaired) electrons. The molecule has 12 heavy (non-hydrogen) atoms. The first kappa shape index (κ1) is 8.48. The van der Waals surface area contributed by atoms with E-state index in [0.717, 1.165) is 32.3 Å². The van der Waals surface area contributed by atoms with Gasteiger partial charge in [-0.15, -0.1) is 0 Å². The smallest absolute Gasteiger partial charge is 0.0594 e. The number of morpholine rings is 1. The fourth-order valence-electron chi connectivity index (χ4n) is 2.13. The first-order valence-corrected chi connectivity index (χ1v) is 4.91. The number of hydrogen-bond donors (Lipinski definition) is 1. The molecule has 2 heterocycles. The number of hydrogen-bond acceptors (Lipinski definition) is 3. The highest BCUT2D eigenvalue weighted by Crippen LogP contribution is 2.14. The highest BCUT2D eigenvalue weighted by molar-refractivity contribution is 4.86. The molecule has 3 nitrogen and oxygen atoms in total. The number of rotatable bonds is 1. The summed E-state index contributed by atoms with van der Waals surface area (Å²) < 4.78 is 5.32. The Balaban J connectivity index is 1.83. The molecule has 0 aromatic rings. The normalized spacial score (nSPS) is 38.8. The van der Waals surface area contributed by atoms with Crippen molar-refractivity contribution in [2.75, 3.05) is 32.8 Å². The van der Waals surface area contributed by atoms with Gasteiger partial charge < -0.3 is 10.1 Å². The van der Waals surface area contributed by atoms with Gasteiger partial charge in [0, 0.05) is 31.7 Å². The maximum Gasteiger partial charge on any atom is 0.0594 e. The molecular formula is C9H18N2O. The van der Waals surface area contributed by atoms with Crippen LogP contribution in [-0.2, 0) is 4.74 Å². The largest absolute Gasteiger partial charge is 0.379 e. The zero-order valence-corrected chi connectivity index (χ0v) is 7.75. The molecular weight excluding hydrogens is 152 g/mol. The molecule has 0 aliphatic carbocycles. The van der Waals surface area contributed by atoms with Crippen LogP contribution in [0.4, 0.5) is 0 Å². The van der Waals surface area contributed by atoms with Crippen molar-refractivity contribution in [1.82, 2.24) is 10.2 Å². The molecule has 0 aromatic carbocycles. The van der Waals surface area contributed by atoms with Crippen LogP contribution in [0.3, 0.4) is 0 Å². The molecule has 70 valence electrons. The third-order valence-electron chi connectivity index (χ3n) is 2.89. The summed E-state index contributed by atoms with van der Waals surface area (Å²) in [5.74, 6) is 0. The van der Waals surface area contributed by atoms with Crippen LogP contribution in [0.15, 0.2) is 0 Å². The minimum absolute atomic E-state index is 0.706. The van der Waals surface area contributed by atoms with Crippen LogP contribution >= 0.6 is 0 Å². The van der Waals surface area contributed by atoms with Crippen molar-refractivity contribution in [3.63, 3.8) is 0 Å². The molecule has 2 aliphatic heterocycles. The van der Waals surface area contributed by atoms with Crippen molar-refractivity contribution in [3.05, 3.63) is 0 Å². The molecule has 2 aliphatic rings. The summed E-state index contributed by atoms with van der Waals surface area (Å²) in [5.41, 5.74) is 0. The van der Waals surface area contributed by atoms with Gasteiger partial charge in [0.25, 0.3) is 0 Å². The summed E-state index contributed by atoms with van der Waals surface area (Å²) in [6.45, 7) is 7.52. The van der Waals surface area contributed by atoms with Crippen LogP contribution in [0.2, 0.25) is 0 Å². The monoisotopic (exact) mass is 170 g/mol. The summed E-state index contributed by atoms with van der Waals surface area (Å²) in [6.07, 6.45) is 1.31. The predicted octanol–water partition coefficient (Wildman–Crippen LogP) is 0.0690. The van der Waals surface area contributed by atoms with Crippen LogP contribution in [0.5, 0.6) is 0 Å². The van der Waals surface area contributed by atoms with Gasteiger partial charge in [0.05, 0.1) is 13.2 Å². The van der Waals surface area contributed by atoms with E-state index in [-0.39, 0.29) is 0 Å². The van der Waals surface area contributed by atoms with Gasteiger partial charge in [-0.05, 0) is 13.3 Å². The van der Waals surface area contributed by atoms with Crippen molar-refractivity contribution in [2.24, 2.45) is 0 Å². The van der Waals surface area contributed by atoms with Crippen LogP contribution in [0, 0.1) is 0 Å². The molecule has 3 heteroatoms. The Kier molecular flexibility index (Phi) is 2.63. The SMILES string of the molecule is C[C@@H]1C[C@H](N2CCOCC2)CN1. The van der Waals surface area contributed by atoms with E-state index in [4.69, 9.17) is 4.74 Å². The zero-order chi connectivity index (χ0) is 8.39. The van der Waals surface area contributed by atoms with Gasteiger partial charge in [0.15, 0.2) is 0 Å². The second-order valence-electron chi connectivity index (χ2n) is 3.85. The van der Waals surface area contributed by atoms with Gasteiger partial charge in [-0.3, -0.25) is 4.90 Å². The Labute approximate surface area is 74.1 Å². The van der Waals surface area contributed by atoms with Gasteiger partial charge in [0.1, 0.15) is 0 Å². The molecule has 2 rings (SSSR count). The topological polar surface area (TPSA) is 24.5 Å². The third-order valence-corrected chi connectivity index (χ3v) is 2.89. The van der Waals surface area contributed by atoms with E-state index in [1.807, 2.05) is 0 Å². The number of ether oxygens (including phenoxy) is 1. The van der Waals surface area contributed by atoms with Crippen LogP contribution < -0.4 is 5.32 Å². The van der Waals surface area contributed by atoms with E-state index in [1.54, 1.807) is 0 Å². The Morgan fingerprint density at radius 1 is 1.33 bits per heavy atom. The zero-order valence-electron chi connectivity index (χ0n) is 7.75. The van der Waals surface area contributed by atoms with Gasteiger partial charge in [-0.2, -0.15) is 0 Å². The minimum atomic E-state index is 0.706. The summed E-state index contributed by atoms with van der Waals surface area (Å²) in [5, 5.41) is 3.48. The van der Waals surface area contributed by atoms with E-state index >= 15 is 0 Å². The lowest BCUT2D eigenvalue weighted by molar-refractivity contribution is 0.0202. The second kappa shape index (κ2) is 3.73. The lowest BCUT2D eigenvalue weighted by Crippen LogP contribution is -2.44. The van der Waals surface area contributed by atoms with Crippen molar-refractivity contribution in [3.8, 4) is 0 Å². The van der Waals surface area contributed by atoms with Crippen molar-refractivity contribution < 1.29 is 4.74 Å². The fourth-order valence-corrected chi connectivity index (χ4v) is 2.13. The van der Waals surface area contributed by atoms with Crippen molar-refractivity contribution >= 4 is 0 Å². The Morgan fingerprint density at radius 3 is 2.67 bits per heavy atom. The van der Waals surface area contributed by atoms with Gasteiger partial charge >= 0.3 is 0 Å². The quantitative estimate of drug-likeness (QED) is 0.602. The fraction of sp³-hybridized carbons (Fsp3) is 1.00. The van der Waals surface area contributed by atoms with Crippen molar-refractivity contribution in [1.29, 1.82) is 0 Å². The molecule has 0 amide bonds. The van der Waals surface area contributed by atoms with Crippen molar-refractivity contribution in [2.45, 2.75) is 25.4 Å². The molecule has 2 atom stereocenters. The van der Waals surface area contributed by atoms with Crippen LogP contribution in [-0.4, -0.2) is 49.8 Å².